The monoisotopic (exact) mass is 390 g/mol. The number of hydrogen-bond acceptors (Lipinski definition) is 6. The maximum absolute atomic E-state index is 11.7. The SMILES string of the molecule is O=C1NC(=O)/C(=C/c2cc([N+](=O)[O-])ccc2OCc2ccc(Cl)cc2)S1. The molecule has 0 aromatic heterocycles. The number of nitrogens with zero attached hydrogens (tertiary/aromatic N) is 1. The van der Waals surface area contributed by atoms with Crippen molar-refractivity contribution in [1.29, 1.82) is 0 Å². The number of carbonyl (C=O) groups is 2. The second-order valence-electron chi connectivity index (χ2n) is 5.25. The Morgan fingerprint density at radius 1 is 1.19 bits per heavy atom. The molecule has 2 aromatic rings. The molecule has 1 N–H and O–H groups in total. The number of amides is 2. The summed E-state index contributed by atoms with van der Waals surface area (Å²) in [4.78, 5) is 33.6. The van der Waals surface area contributed by atoms with Gasteiger partial charge in [0, 0.05) is 22.7 Å². The number of ether oxygens (including phenoxy) is 1. The van der Waals surface area contributed by atoms with Gasteiger partial charge < -0.3 is 4.74 Å². The predicted octanol–water partition coefficient (Wildman–Crippen LogP) is 4.15. The molecule has 2 aromatic carbocycles. The summed E-state index contributed by atoms with van der Waals surface area (Å²) in [7, 11) is 0. The molecule has 1 aliphatic heterocycles. The molecule has 0 unspecified atom stereocenters. The lowest BCUT2D eigenvalue weighted by Crippen LogP contribution is -2.17. The number of nitrogens with one attached hydrogen (secondary N) is 1. The number of nitro benzene ring substituents is 1. The Balaban J connectivity index is 1.90. The Morgan fingerprint density at radius 3 is 2.54 bits per heavy atom. The number of non-ortho nitro benzene ring substituents is 1. The van der Waals surface area contributed by atoms with E-state index in [0.717, 1.165) is 17.3 Å². The van der Waals surface area contributed by atoms with Gasteiger partial charge in [0.25, 0.3) is 16.8 Å². The van der Waals surface area contributed by atoms with E-state index in [1.54, 1.807) is 24.3 Å². The van der Waals surface area contributed by atoms with Gasteiger partial charge in [-0.05, 0) is 41.6 Å². The van der Waals surface area contributed by atoms with Crippen molar-refractivity contribution in [2.75, 3.05) is 0 Å². The molecular formula is C17H11ClN2O5S. The number of thioether (sulfide) groups is 1. The zero-order valence-corrected chi connectivity index (χ0v) is 14.7. The lowest BCUT2D eigenvalue weighted by atomic mass is 10.1. The van der Waals surface area contributed by atoms with E-state index >= 15 is 0 Å². The maximum atomic E-state index is 11.7. The fourth-order valence-electron chi connectivity index (χ4n) is 2.20. The Hall–Kier alpha value is -2.84. The van der Waals surface area contributed by atoms with E-state index in [0.29, 0.717) is 16.3 Å². The Morgan fingerprint density at radius 2 is 1.92 bits per heavy atom. The highest BCUT2D eigenvalue weighted by Gasteiger charge is 2.25. The molecule has 0 radical (unpaired) electrons. The van der Waals surface area contributed by atoms with Crippen LogP contribution in [0.3, 0.4) is 0 Å². The number of imide groups is 1. The van der Waals surface area contributed by atoms with Crippen molar-refractivity contribution >= 4 is 46.3 Å². The van der Waals surface area contributed by atoms with Crippen molar-refractivity contribution in [3.05, 3.63) is 73.6 Å². The van der Waals surface area contributed by atoms with Gasteiger partial charge in [0.05, 0.1) is 9.83 Å². The van der Waals surface area contributed by atoms with Crippen molar-refractivity contribution in [2.24, 2.45) is 0 Å². The van der Waals surface area contributed by atoms with Gasteiger partial charge >= 0.3 is 0 Å². The Kier molecular flexibility index (Phi) is 5.24. The zero-order valence-electron chi connectivity index (χ0n) is 13.1. The number of benzene rings is 2. The highest BCUT2D eigenvalue weighted by Crippen LogP contribution is 2.31. The molecule has 1 saturated heterocycles. The summed E-state index contributed by atoms with van der Waals surface area (Å²) in [6, 6.07) is 11.1. The van der Waals surface area contributed by atoms with Gasteiger partial charge in [-0.1, -0.05) is 23.7 Å². The zero-order chi connectivity index (χ0) is 18.7. The van der Waals surface area contributed by atoms with E-state index in [2.05, 4.69) is 5.32 Å². The molecule has 3 rings (SSSR count). The molecule has 7 nitrogen and oxygen atoms in total. The molecule has 0 atom stereocenters. The minimum Gasteiger partial charge on any atom is -0.488 e. The van der Waals surface area contributed by atoms with Gasteiger partial charge in [-0.15, -0.1) is 0 Å². The molecule has 1 heterocycles. The molecule has 0 bridgehead atoms. The highest BCUT2D eigenvalue weighted by atomic mass is 35.5. The van der Waals surface area contributed by atoms with Crippen molar-refractivity contribution in [2.45, 2.75) is 6.61 Å². The van der Waals surface area contributed by atoms with Crippen LogP contribution in [0.15, 0.2) is 47.4 Å². The van der Waals surface area contributed by atoms with Gasteiger partial charge in [-0.25, -0.2) is 0 Å². The normalized spacial score (nSPS) is 15.2. The standard InChI is InChI=1S/C17H11ClN2O5S/c18-12-3-1-10(2-4-12)9-25-14-6-5-13(20(23)24)7-11(14)8-15-16(21)19-17(22)26-15/h1-8H,9H2,(H,19,21,22)/b15-8-. The average molecular weight is 391 g/mol. The average Bonchev–Trinajstić information content (AvgIpc) is 2.92. The molecule has 0 aliphatic carbocycles. The molecule has 9 heteroatoms. The largest absolute Gasteiger partial charge is 0.488 e. The van der Waals surface area contributed by atoms with Crippen LogP contribution >= 0.6 is 23.4 Å². The molecule has 26 heavy (non-hydrogen) atoms. The predicted molar refractivity (Wildman–Crippen MR) is 98.0 cm³/mol. The smallest absolute Gasteiger partial charge is 0.290 e. The summed E-state index contributed by atoms with van der Waals surface area (Å²) in [5.74, 6) is -0.194. The lowest BCUT2D eigenvalue weighted by molar-refractivity contribution is -0.384. The molecule has 0 saturated carbocycles. The Bertz CT molecular complexity index is 927. The second-order valence-corrected chi connectivity index (χ2v) is 6.70. The van der Waals surface area contributed by atoms with Gasteiger partial charge in [0.1, 0.15) is 12.4 Å². The van der Waals surface area contributed by atoms with Gasteiger partial charge in [0.15, 0.2) is 0 Å². The number of halogens is 1. The van der Waals surface area contributed by atoms with Crippen LogP contribution in [0.5, 0.6) is 5.75 Å². The van der Waals surface area contributed by atoms with Crippen molar-refractivity contribution in [3.63, 3.8) is 0 Å². The highest BCUT2D eigenvalue weighted by molar-refractivity contribution is 8.18. The van der Waals surface area contributed by atoms with E-state index in [-0.39, 0.29) is 17.2 Å². The summed E-state index contributed by atoms with van der Waals surface area (Å²) < 4.78 is 5.73. The van der Waals surface area contributed by atoms with Gasteiger partial charge in [-0.3, -0.25) is 25.0 Å². The van der Waals surface area contributed by atoms with Crippen LogP contribution < -0.4 is 10.1 Å². The lowest BCUT2D eigenvalue weighted by Gasteiger charge is -2.10. The first-order valence-electron chi connectivity index (χ1n) is 7.33. The van der Waals surface area contributed by atoms with E-state index < -0.39 is 16.1 Å². The summed E-state index contributed by atoms with van der Waals surface area (Å²) >= 11 is 6.57. The van der Waals surface area contributed by atoms with E-state index in [4.69, 9.17) is 16.3 Å². The molecule has 1 aliphatic rings. The number of carbonyl (C=O) groups excluding carboxylic acids is 2. The summed E-state index contributed by atoms with van der Waals surface area (Å²) in [5, 5.41) is 13.3. The molecule has 0 spiro atoms. The van der Waals surface area contributed by atoms with Crippen LogP contribution in [0.1, 0.15) is 11.1 Å². The first-order chi connectivity index (χ1) is 12.4. The molecule has 132 valence electrons. The third-order valence-corrected chi connectivity index (χ3v) is 4.50. The third kappa shape index (κ3) is 4.22. The summed E-state index contributed by atoms with van der Waals surface area (Å²) in [6.45, 7) is 0.212. The van der Waals surface area contributed by atoms with E-state index in [9.17, 15) is 19.7 Å². The first-order valence-corrected chi connectivity index (χ1v) is 8.52. The minimum atomic E-state index is -0.546. The second kappa shape index (κ2) is 7.59. The van der Waals surface area contributed by atoms with Crippen molar-refractivity contribution < 1.29 is 19.2 Å². The molecule has 1 fully saturated rings. The maximum Gasteiger partial charge on any atom is 0.290 e. The van der Waals surface area contributed by atoms with Crippen LogP contribution in [-0.2, 0) is 11.4 Å². The third-order valence-electron chi connectivity index (χ3n) is 3.44. The summed E-state index contributed by atoms with van der Waals surface area (Å²) in [5.41, 5.74) is 1.04. The van der Waals surface area contributed by atoms with E-state index in [1.807, 2.05) is 0 Å². The van der Waals surface area contributed by atoms with Gasteiger partial charge in [0.2, 0.25) is 0 Å². The fraction of sp³-hybridized carbons (Fsp3) is 0.0588. The first kappa shape index (κ1) is 18.0. The number of rotatable bonds is 5. The quantitative estimate of drug-likeness (QED) is 0.467. The van der Waals surface area contributed by atoms with Gasteiger partial charge in [-0.2, -0.15) is 0 Å². The summed E-state index contributed by atoms with van der Waals surface area (Å²) in [6.07, 6.45) is 1.40. The van der Waals surface area contributed by atoms with E-state index in [1.165, 1.54) is 24.3 Å². The number of hydrogen-bond donors (Lipinski definition) is 1. The number of nitro groups is 1. The Labute approximate surface area is 157 Å². The fourth-order valence-corrected chi connectivity index (χ4v) is 3.00. The van der Waals surface area contributed by atoms with Crippen LogP contribution in [-0.4, -0.2) is 16.1 Å². The van der Waals surface area contributed by atoms with Crippen LogP contribution in [0.4, 0.5) is 10.5 Å². The molecule has 2 amide bonds. The van der Waals surface area contributed by atoms with Crippen LogP contribution in [0.25, 0.3) is 6.08 Å². The van der Waals surface area contributed by atoms with Crippen molar-refractivity contribution in [1.82, 2.24) is 5.32 Å². The van der Waals surface area contributed by atoms with Crippen LogP contribution in [0, 0.1) is 10.1 Å². The minimum absolute atomic E-state index is 0.145. The molecular weight excluding hydrogens is 380 g/mol. The van der Waals surface area contributed by atoms with Crippen LogP contribution in [0.2, 0.25) is 5.02 Å². The van der Waals surface area contributed by atoms with Crippen molar-refractivity contribution in [3.8, 4) is 5.75 Å². The topological polar surface area (TPSA) is 98.5 Å².